The fourth-order valence-corrected chi connectivity index (χ4v) is 6.04. The number of hydrogen-bond acceptors (Lipinski definition) is 8. The Hall–Kier alpha value is -1.64. The Morgan fingerprint density at radius 3 is 2.57 bits per heavy atom. The first-order valence-corrected chi connectivity index (χ1v) is 10.5. The van der Waals surface area contributed by atoms with Crippen molar-refractivity contribution >= 4 is 11.9 Å². The van der Waals surface area contributed by atoms with Crippen molar-refractivity contribution in [1.82, 2.24) is 5.16 Å². The Kier molecular flexibility index (Phi) is 4.80. The lowest BCUT2D eigenvalue weighted by atomic mass is 9.54. The molecular formula is C20H28N2O6. The highest BCUT2D eigenvalue weighted by Crippen LogP contribution is 2.57. The van der Waals surface area contributed by atoms with Crippen molar-refractivity contribution in [2.45, 2.75) is 63.2 Å². The highest BCUT2D eigenvalue weighted by molar-refractivity contribution is 5.87. The van der Waals surface area contributed by atoms with Crippen LogP contribution in [-0.4, -0.2) is 48.0 Å². The van der Waals surface area contributed by atoms with E-state index in [0.717, 1.165) is 48.5 Å². The highest BCUT2D eigenvalue weighted by atomic mass is 16.6. The van der Waals surface area contributed by atoms with Crippen molar-refractivity contribution in [3.8, 4) is 0 Å². The van der Waals surface area contributed by atoms with Gasteiger partial charge in [-0.1, -0.05) is 5.16 Å². The third-order valence-corrected chi connectivity index (χ3v) is 6.82. The zero-order valence-corrected chi connectivity index (χ0v) is 16.0. The molecule has 1 N–H and O–H groups in total. The molecule has 1 unspecified atom stereocenters. The summed E-state index contributed by atoms with van der Waals surface area (Å²) in [7, 11) is 0. The van der Waals surface area contributed by atoms with Crippen molar-refractivity contribution < 1.29 is 28.7 Å². The van der Waals surface area contributed by atoms with Gasteiger partial charge in [-0.15, -0.1) is 0 Å². The molecule has 1 saturated heterocycles. The molecule has 5 aliphatic rings. The van der Waals surface area contributed by atoms with Gasteiger partial charge in [-0.2, -0.15) is 5.06 Å². The number of anilines is 1. The van der Waals surface area contributed by atoms with Crippen LogP contribution in [0.1, 0.15) is 61.9 Å². The van der Waals surface area contributed by atoms with E-state index in [1.54, 1.807) is 0 Å². The summed E-state index contributed by atoms with van der Waals surface area (Å²) in [6.45, 7) is 1.19. The molecule has 4 aliphatic carbocycles. The summed E-state index contributed by atoms with van der Waals surface area (Å²) in [6, 6.07) is 1.37. The Labute approximate surface area is 164 Å². The van der Waals surface area contributed by atoms with Gasteiger partial charge in [-0.25, -0.2) is 4.79 Å². The lowest BCUT2D eigenvalue weighted by molar-refractivity contribution is -0.166. The van der Waals surface area contributed by atoms with Crippen LogP contribution in [0.15, 0.2) is 10.6 Å². The molecule has 0 amide bonds. The maximum absolute atomic E-state index is 12.2. The molecule has 1 aromatic rings. The van der Waals surface area contributed by atoms with Gasteiger partial charge in [0.2, 0.25) is 0 Å². The molecule has 8 nitrogen and oxygen atoms in total. The minimum absolute atomic E-state index is 0.0148. The zero-order valence-electron chi connectivity index (χ0n) is 16.0. The zero-order chi connectivity index (χ0) is 19.1. The van der Waals surface area contributed by atoms with Crippen LogP contribution < -0.4 is 5.06 Å². The van der Waals surface area contributed by atoms with Crippen molar-refractivity contribution in [3.63, 3.8) is 0 Å². The van der Waals surface area contributed by atoms with Crippen LogP contribution in [0.3, 0.4) is 0 Å². The number of carbonyl (C=O) groups excluding carboxylic acids is 1. The Balaban J connectivity index is 1.09. The van der Waals surface area contributed by atoms with Crippen LogP contribution >= 0.6 is 0 Å². The second-order valence-electron chi connectivity index (χ2n) is 8.95. The number of nitrogens with zero attached hydrogens (tertiary/aromatic N) is 2. The van der Waals surface area contributed by atoms with Crippen LogP contribution in [0, 0.1) is 17.8 Å². The fraction of sp³-hybridized carbons (Fsp3) is 0.800. The van der Waals surface area contributed by atoms with E-state index in [0.29, 0.717) is 19.6 Å². The molecule has 154 valence electrons. The molecule has 1 atom stereocenters. The highest BCUT2D eigenvalue weighted by Gasteiger charge is 2.51. The monoisotopic (exact) mass is 392 g/mol. The van der Waals surface area contributed by atoms with Crippen molar-refractivity contribution in [2.24, 2.45) is 17.8 Å². The molecule has 4 saturated carbocycles. The second-order valence-corrected chi connectivity index (χ2v) is 8.95. The average Bonchev–Trinajstić information content (AvgIpc) is 3.35. The molecule has 1 aromatic heterocycles. The van der Waals surface area contributed by atoms with Gasteiger partial charge in [0.05, 0.1) is 12.2 Å². The van der Waals surface area contributed by atoms with E-state index in [1.165, 1.54) is 25.3 Å². The summed E-state index contributed by atoms with van der Waals surface area (Å²) in [5.74, 6) is 1.97. The number of hydrogen-bond donors (Lipinski definition) is 1. The summed E-state index contributed by atoms with van der Waals surface area (Å²) >= 11 is 0. The molecular weight excluding hydrogens is 364 g/mol. The molecule has 5 fully saturated rings. The van der Waals surface area contributed by atoms with Crippen LogP contribution in [-0.2, 0) is 14.2 Å². The molecule has 2 heterocycles. The molecule has 0 radical (unpaired) electrons. The minimum Gasteiger partial charge on any atom is -0.458 e. The van der Waals surface area contributed by atoms with Gasteiger partial charge in [-0.3, -0.25) is 5.21 Å². The van der Waals surface area contributed by atoms with Gasteiger partial charge in [-0.05, 0) is 69.1 Å². The smallest absolute Gasteiger partial charge is 0.360 e. The van der Waals surface area contributed by atoms with Crippen molar-refractivity contribution in [2.75, 3.05) is 24.9 Å². The Bertz CT molecular complexity index is 678. The SMILES string of the molecule is O=C(OCCOC12CC3CC(CC(C3)C1)C2)c1cc(N(O)C2CCCO2)on1. The molecule has 1 aliphatic heterocycles. The van der Waals surface area contributed by atoms with Gasteiger partial charge < -0.3 is 18.7 Å². The number of esters is 1. The van der Waals surface area contributed by atoms with E-state index in [-0.39, 0.29) is 23.8 Å². The number of rotatable bonds is 7. The third kappa shape index (κ3) is 3.53. The largest absolute Gasteiger partial charge is 0.458 e. The summed E-state index contributed by atoms with van der Waals surface area (Å²) in [6.07, 6.45) is 8.71. The van der Waals surface area contributed by atoms with E-state index in [9.17, 15) is 10.0 Å². The molecule has 4 bridgehead atoms. The topological polar surface area (TPSA) is 94.3 Å². The van der Waals surface area contributed by atoms with Crippen molar-refractivity contribution in [3.05, 3.63) is 11.8 Å². The lowest BCUT2D eigenvalue weighted by Crippen LogP contribution is -2.52. The fourth-order valence-electron chi connectivity index (χ4n) is 6.04. The summed E-state index contributed by atoms with van der Waals surface area (Å²) in [5, 5.41) is 14.6. The Morgan fingerprint density at radius 2 is 1.93 bits per heavy atom. The quantitative estimate of drug-likeness (QED) is 0.430. The minimum atomic E-state index is -0.579. The predicted molar refractivity (Wildman–Crippen MR) is 96.9 cm³/mol. The predicted octanol–water partition coefficient (Wildman–Crippen LogP) is 3.15. The summed E-state index contributed by atoms with van der Waals surface area (Å²) < 4.78 is 22.0. The van der Waals surface area contributed by atoms with Crippen LogP contribution in [0.5, 0.6) is 0 Å². The third-order valence-electron chi connectivity index (χ3n) is 6.82. The van der Waals surface area contributed by atoms with Crippen LogP contribution in [0.2, 0.25) is 0 Å². The maximum Gasteiger partial charge on any atom is 0.360 e. The van der Waals surface area contributed by atoms with Gasteiger partial charge in [0.1, 0.15) is 6.61 Å². The molecule has 8 heteroatoms. The number of aromatic nitrogens is 1. The van der Waals surface area contributed by atoms with E-state index in [2.05, 4.69) is 5.16 Å². The van der Waals surface area contributed by atoms with Crippen LogP contribution in [0.4, 0.5) is 5.88 Å². The van der Waals surface area contributed by atoms with Gasteiger partial charge in [0.15, 0.2) is 11.9 Å². The Morgan fingerprint density at radius 1 is 1.21 bits per heavy atom. The average molecular weight is 392 g/mol. The first-order valence-electron chi connectivity index (χ1n) is 10.5. The van der Waals surface area contributed by atoms with E-state index in [1.807, 2.05) is 0 Å². The van der Waals surface area contributed by atoms with Gasteiger partial charge >= 0.3 is 5.97 Å². The van der Waals surface area contributed by atoms with Crippen LogP contribution in [0.25, 0.3) is 0 Å². The number of hydroxylamine groups is 1. The van der Waals surface area contributed by atoms with E-state index >= 15 is 0 Å². The van der Waals surface area contributed by atoms with E-state index < -0.39 is 12.2 Å². The van der Waals surface area contributed by atoms with Crippen molar-refractivity contribution in [1.29, 1.82) is 0 Å². The molecule has 28 heavy (non-hydrogen) atoms. The normalized spacial score (nSPS) is 36.0. The second kappa shape index (κ2) is 7.31. The molecule has 0 aromatic carbocycles. The first kappa shape index (κ1) is 18.4. The summed E-state index contributed by atoms with van der Waals surface area (Å²) in [5.41, 5.74) is 0.0443. The standard InChI is InChI=1S/C20H28N2O6/c23-19(16-9-18(28-21-16)22(24)17-2-1-3-25-17)26-4-5-27-20-10-13-6-14(11-20)8-15(7-13)12-20/h9,13-15,17,24H,1-8,10-12H2. The van der Waals surface area contributed by atoms with E-state index in [4.69, 9.17) is 18.7 Å². The summed E-state index contributed by atoms with van der Waals surface area (Å²) in [4.78, 5) is 12.2. The maximum atomic E-state index is 12.2. The van der Waals surface area contributed by atoms with Gasteiger partial charge in [0.25, 0.3) is 5.88 Å². The number of ether oxygens (including phenoxy) is 3. The lowest BCUT2D eigenvalue weighted by Gasteiger charge is -2.56. The number of carbonyl (C=O) groups is 1. The van der Waals surface area contributed by atoms with Gasteiger partial charge in [0, 0.05) is 12.7 Å². The molecule has 6 rings (SSSR count). The molecule has 0 spiro atoms. The first-order chi connectivity index (χ1) is 13.6.